The molecule has 180 valence electrons. The van der Waals surface area contributed by atoms with E-state index in [0.29, 0.717) is 16.3 Å². The number of anilines is 1. The van der Waals surface area contributed by atoms with E-state index in [9.17, 15) is 27.6 Å². The predicted octanol–water partition coefficient (Wildman–Crippen LogP) is 3.31. The number of alkyl halides is 3. The summed E-state index contributed by atoms with van der Waals surface area (Å²) in [5.41, 5.74) is 8.58. The van der Waals surface area contributed by atoms with Gasteiger partial charge >= 0.3 is 12.3 Å². The summed E-state index contributed by atoms with van der Waals surface area (Å²) < 4.78 is 44.1. The van der Waals surface area contributed by atoms with Crippen LogP contribution < -0.4 is 16.8 Å². The molecule has 0 radical (unpaired) electrons. The normalized spacial score (nSPS) is 10.6. The molecule has 3 rings (SSSR count). The molecule has 0 fully saturated rings. The lowest BCUT2D eigenvalue weighted by molar-refractivity contribution is -0.141. The summed E-state index contributed by atoms with van der Waals surface area (Å²) in [6.45, 7) is 1.61. The third-order valence-electron chi connectivity index (χ3n) is 4.14. The van der Waals surface area contributed by atoms with Crippen LogP contribution in [-0.2, 0) is 10.9 Å². The SMILES string of the molecule is COC(N)=O.Cc1cccc(NC(=O)c2cc(C(F)(F)F)nn2-c2ncccc2Cl)c1C(N)=O. The highest BCUT2D eigenvalue weighted by Crippen LogP contribution is 2.31. The van der Waals surface area contributed by atoms with Crippen molar-refractivity contribution in [3.63, 3.8) is 0 Å². The van der Waals surface area contributed by atoms with Crippen molar-refractivity contribution in [1.82, 2.24) is 14.8 Å². The number of methoxy groups -OCH3 is 1. The van der Waals surface area contributed by atoms with Crippen LogP contribution in [0.5, 0.6) is 0 Å². The summed E-state index contributed by atoms with van der Waals surface area (Å²) in [5.74, 6) is -1.91. The number of carbonyl (C=O) groups is 3. The molecule has 0 atom stereocenters. The molecule has 10 nitrogen and oxygen atoms in total. The van der Waals surface area contributed by atoms with Crippen molar-refractivity contribution in [3.8, 4) is 5.82 Å². The van der Waals surface area contributed by atoms with Gasteiger partial charge in [-0.05, 0) is 30.7 Å². The highest BCUT2D eigenvalue weighted by Gasteiger charge is 2.36. The van der Waals surface area contributed by atoms with E-state index >= 15 is 0 Å². The molecule has 0 aliphatic rings. The molecule has 0 spiro atoms. The van der Waals surface area contributed by atoms with Gasteiger partial charge in [-0.3, -0.25) is 9.59 Å². The lowest BCUT2D eigenvalue weighted by Gasteiger charge is -2.12. The van der Waals surface area contributed by atoms with Crippen LogP contribution >= 0.6 is 11.6 Å². The van der Waals surface area contributed by atoms with Crippen LogP contribution in [0, 0.1) is 6.92 Å². The van der Waals surface area contributed by atoms with Crippen LogP contribution in [0.4, 0.5) is 23.7 Å². The number of primary amides is 2. The van der Waals surface area contributed by atoms with Crippen molar-refractivity contribution in [2.45, 2.75) is 13.1 Å². The Morgan fingerprint density at radius 1 is 1.15 bits per heavy atom. The number of halogens is 4. The number of amides is 3. The summed E-state index contributed by atoms with van der Waals surface area (Å²) >= 11 is 6.01. The molecule has 3 aromatic rings. The van der Waals surface area contributed by atoms with Crippen molar-refractivity contribution in [2.75, 3.05) is 12.4 Å². The number of carbonyl (C=O) groups excluding carboxylic acids is 3. The minimum absolute atomic E-state index is 0.00763. The number of hydrogen-bond donors (Lipinski definition) is 3. The maximum absolute atomic E-state index is 13.2. The van der Waals surface area contributed by atoms with E-state index in [4.69, 9.17) is 17.3 Å². The Morgan fingerprint density at radius 2 is 1.79 bits per heavy atom. The second-order valence-corrected chi connectivity index (χ2v) is 6.88. The topological polar surface area (TPSA) is 155 Å². The third kappa shape index (κ3) is 6.22. The molecule has 0 saturated carbocycles. The van der Waals surface area contributed by atoms with Gasteiger partial charge in [0.15, 0.2) is 11.5 Å². The fourth-order valence-electron chi connectivity index (χ4n) is 2.66. The Labute approximate surface area is 195 Å². The van der Waals surface area contributed by atoms with Gasteiger partial charge in [0.25, 0.3) is 11.8 Å². The van der Waals surface area contributed by atoms with Crippen LogP contribution in [0.3, 0.4) is 0 Å². The Kier molecular flexibility index (Phi) is 8.19. The van der Waals surface area contributed by atoms with Gasteiger partial charge in [0.05, 0.1) is 23.4 Å². The van der Waals surface area contributed by atoms with E-state index in [1.807, 2.05) is 0 Å². The fourth-order valence-corrected chi connectivity index (χ4v) is 2.86. The highest BCUT2D eigenvalue weighted by molar-refractivity contribution is 6.32. The monoisotopic (exact) mass is 498 g/mol. The van der Waals surface area contributed by atoms with Crippen LogP contribution in [0.1, 0.15) is 32.1 Å². The van der Waals surface area contributed by atoms with Crippen molar-refractivity contribution in [3.05, 3.63) is 70.1 Å². The first-order valence-electron chi connectivity index (χ1n) is 9.19. The average Bonchev–Trinajstić information content (AvgIpc) is 3.20. The van der Waals surface area contributed by atoms with Gasteiger partial charge in [-0.2, -0.15) is 18.3 Å². The van der Waals surface area contributed by atoms with Gasteiger partial charge in [0, 0.05) is 12.3 Å². The van der Waals surface area contributed by atoms with Crippen molar-refractivity contribution < 1.29 is 32.3 Å². The molecule has 0 aliphatic carbocycles. The molecule has 5 N–H and O–H groups in total. The molecule has 34 heavy (non-hydrogen) atoms. The second kappa shape index (κ2) is 10.7. The average molecular weight is 499 g/mol. The first-order chi connectivity index (χ1) is 15.9. The minimum atomic E-state index is -4.80. The Morgan fingerprint density at radius 3 is 2.32 bits per heavy atom. The summed E-state index contributed by atoms with van der Waals surface area (Å²) in [4.78, 5) is 37.8. The van der Waals surface area contributed by atoms with Gasteiger partial charge in [-0.1, -0.05) is 23.7 Å². The number of nitrogens with two attached hydrogens (primary N) is 2. The number of aryl methyl sites for hydroxylation is 1. The first kappa shape index (κ1) is 26.1. The maximum Gasteiger partial charge on any atom is 0.435 e. The van der Waals surface area contributed by atoms with Crippen LogP contribution in [0.25, 0.3) is 5.82 Å². The van der Waals surface area contributed by atoms with E-state index in [2.05, 4.69) is 25.9 Å². The van der Waals surface area contributed by atoms with E-state index in [1.165, 1.54) is 31.5 Å². The standard InChI is InChI=1S/C18H13ClF3N5O2.C2H5NO2/c1-9-4-2-6-11(14(9)15(23)28)25-17(29)12-8-13(18(20,21)22)26-27(12)16-10(19)5-3-7-24-16;1-5-2(3)4/h2-8H,1H3,(H2,23,28)(H,25,29);1H3,(H2,3,4). The smallest absolute Gasteiger partial charge is 0.435 e. The van der Waals surface area contributed by atoms with Gasteiger partial charge in [0.2, 0.25) is 0 Å². The number of aromatic nitrogens is 3. The van der Waals surface area contributed by atoms with Gasteiger partial charge in [-0.15, -0.1) is 0 Å². The van der Waals surface area contributed by atoms with E-state index in [0.717, 1.165) is 0 Å². The number of ether oxygens (including phenoxy) is 1. The van der Waals surface area contributed by atoms with Crippen LogP contribution in [0.15, 0.2) is 42.6 Å². The fraction of sp³-hybridized carbons (Fsp3) is 0.150. The maximum atomic E-state index is 13.2. The molecule has 0 unspecified atom stereocenters. The van der Waals surface area contributed by atoms with Crippen LogP contribution in [-0.4, -0.2) is 39.8 Å². The van der Waals surface area contributed by atoms with Gasteiger partial charge in [-0.25, -0.2) is 14.5 Å². The number of benzene rings is 1. The molecular weight excluding hydrogens is 481 g/mol. The number of hydrogen-bond acceptors (Lipinski definition) is 6. The Balaban J connectivity index is 0.000000739. The third-order valence-corrected chi connectivity index (χ3v) is 4.44. The molecule has 2 heterocycles. The number of nitrogens with one attached hydrogen (secondary N) is 1. The van der Waals surface area contributed by atoms with Crippen molar-refractivity contribution >= 4 is 35.2 Å². The molecule has 0 saturated heterocycles. The molecule has 14 heteroatoms. The van der Waals surface area contributed by atoms with E-state index < -0.39 is 35.5 Å². The highest BCUT2D eigenvalue weighted by atomic mass is 35.5. The summed E-state index contributed by atoms with van der Waals surface area (Å²) in [6.07, 6.45) is -4.25. The second-order valence-electron chi connectivity index (χ2n) is 6.47. The molecular formula is C20H18ClF3N6O4. The zero-order valence-corrected chi connectivity index (χ0v) is 18.4. The Bertz CT molecular complexity index is 1230. The molecule has 2 aromatic heterocycles. The van der Waals surface area contributed by atoms with Crippen molar-refractivity contribution in [2.24, 2.45) is 11.5 Å². The number of pyridine rings is 1. The zero-order chi connectivity index (χ0) is 25.6. The molecule has 3 amide bonds. The Hall–Kier alpha value is -4.13. The summed E-state index contributed by atoms with van der Waals surface area (Å²) in [5, 5.41) is 5.84. The van der Waals surface area contributed by atoms with Crippen LogP contribution in [0.2, 0.25) is 5.02 Å². The van der Waals surface area contributed by atoms with E-state index in [1.54, 1.807) is 19.1 Å². The lowest BCUT2D eigenvalue weighted by Crippen LogP contribution is -2.21. The number of nitrogens with zero attached hydrogens (tertiary/aromatic N) is 3. The summed E-state index contributed by atoms with van der Waals surface area (Å²) in [7, 11) is 1.22. The summed E-state index contributed by atoms with van der Waals surface area (Å²) in [6, 6.07) is 8.02. The lowest BCUT2D eigenvalue weighted by atomic mass is 10.1. The quantitative estimate of drug-likeness (QED) is 0.501. The minimum Gasteiger partial charge on any atom is -0.453 e. The number of rotatable bonds is 4. The largest absolute Gasteiger partial charge is 0.453 e. The molecule has 0 aliphatic heterocycles. The predicted molar refractivity (Wildman–Crippen MR) is 116 cm³/mol. The van der Waals surface area contributed by atoms with Gasteiger partial charge in [0.1, 0.15) is 5.69 Å². The van der Waals surface area contributed by atoms with E-state index in [-0.39, 0.29) is 22.1 Å². The van der Waals surface area contributed by atoms with Gasteiger partial charge < -0.3 is 21.5 Å². The first-order valence-corrected chi connectivity index (χ1v) is 9.57. The molecule has 0 bridgehead atoms. The van der Waals surface area contributed by atoms with Crippen molar-refractivity contribution in [1.29, 1.82) is 0 Å². The molecule has 1 aromatic carbocycles. The zero-order valence-electron chi connectivity index (χ0n) is 17.7.